The van der Waals surface area contributed by atoms with Crippen LogP contribution in [-0.2, 0) is 245 Å². The molecule has 0 unspecified atom stereocenters. The van der Waals surface area contributed by atoms with Gasteiger partial charge in [0.15, 0.2) is 0 Å². The third kappa shape index (κ3) is 6650. The molecule has 0 spiro atoms. The first kappa shape index (κ1) is 171. The fraction of sp³-hybridized carbons (Fsp3) is 0.480. The van der Waals surface area contributed by atoms with Crippen molar-refractivity contribution in [2.24, 2.45) is 0 Å². The summed E-state index contributed by atoms with van der Waals surface area (Å²) in [5.41, 5.74) is 0. The molecule has 0 fully saturated rings. The van der Waals surface area contributed by atoms with Crippen LogP contribution < -0.4 is 123 Å². The van der Waals surface area contributed by atoms with Crippen LogP contribution >= 0.6 is 0 Å². The average molecular weight is 2230 g/mol. The van der Waals surface area contributed by atoms with Crippen molar-refractivity contribution >= 4 is 80.0 Å². The van der Waals surface area contributed by atoms with E-state index in [9.17, 15) is 0 Å². The summed E-state index contributed by atoms with van der Waals surface area (Å²) in [7, 11) is 0. The van der Waals surface area contributed by atoms with E-state index in [1.54, 1.807) is 0 Å². The summed E-state index contributed by atoms with van der Waals surface area (Å²) in [6, 6.07) is 0. The Kier molecular flexibility index (Phi) is 386. The van der Waals surface area contributed by atoms with Crippen LogP contribution in [0.1, 0.15) is 78.1 Å². The van der Waals surface area contributed by atoms with E-state index >= 15 is 0 Å². The molecular weight excluding hydrogens is 2200 g/mol. The molecule has 0 aromatic carbocycles. The normalized spacial score (nSPS) is 5.76. The number of rotatable bonds is 9. The minimum absolute atomic E-state index is 0. The topological polar surface area (TPSA) is 816 Å². The van der Waals surface area contributed by atoms with Crippen molar-refractivity contribution in [2.45, 2.75) is 78.1 Å². The van der Waals surface area contributed by atoms with E-state index < -0.39 is 80.0 Å². The van der Waals surface area contributed by atoms with Gasteiger partial charge in [0.25, 0.3) is 0 Å². The fourth-order valence-corrected chi connectivity index (χ4v) is 1.56. The second kappa shape index (κ2) is 171. The Morgan fingerprint density at radius 2 is 0.237 bits per heavy atom. The first-order valence-electron chi connectivity index (χ1n) is 13.9. The molecule has 0 aromatic rings. The van der Waals surface area contributed by atoms with Gasteiger partial charge in [-0.25, -0.2) is 4.79 Å². The van der Waals surface area contributed by atoms with Gasteiger partial charge < -0.3 is 190 Å². The van der Waals surface area contributed by atoms with Gasteiger partial charge in [0.1, 0.15) is 0 Å². The van der Waals surface area contributed by atoms with Gasteiger partial charge in [0, 0.05) is 0 Å². The van der Waals surface area contributed by atoms with Gasteiger partial charge in [-0.3, -0.25) is 0 Å². The molecule has 482 valence electrons. The third-order valence-corrected chi connectivity index (χ3v) is 2.46. The number of carbonyl (C=O) groups is 13. The minimum atomic E-state index is -2.33. The molecule has 0 saturated carbocycles. The maximum absolute atomic E-state index is 8.56. The van der Waals surface area contributed by atoms with E-state index in [4.69, 9.17) is 195 Å². The molecule has 0 aliphatic rings. The Hall–Kier alpha value is -1.54. The van der Waals surface area contributed by atoms with Gasteiger partial charge in [0.2, 0.25) is 0 Å². The number of carbonyl (C=O) groups excluding carboxylic acids is 12. The number of hydrogen-bond acceptors (Lipinski definition) is 37. The molecule has 0 aliphatic carbocycles. The quantitative estimate of drug-likeness (QED) is 0.160. The Morgan fingerprint density at radius 3 is 0.276 bits per heavy atom. The van der Waals surface area contributed by atoms with Crippen LogP contribution in [0.3, 0.4) is 0 Å². The van der Waals surface area contributed by atoms with Gasteiger partial charge >= 0.3 is 251 Å². The van der Waals surface area contributed by atoms with Crippen LogP contribution in [0.2, 0.25) is 0 Å². The Labute approximate surface area is 591 Å². The predicted octanol–water partition coefficient (Wildman–Crippen LogP) is -24.2. The Bertz CT molecular complexity index is 844. The molecule has 0 heterocycles. The Balaban J connectivity index is -0.0000000149. The van der Waals surface area contributed by atoms with Crippen molar-refractivity contribution in [1.82, 2.24) is 0 Å². The summed E-state index contributed by atoms with van der Waals surface area (Å²) in [4.78, 5) is 109. The SMILES string of the molecule is CCCCCCCCCCCC.O=C(O)O.O=C([O-])[O-].O=C([O-])[O-].O=C([O-])[O-].O=C([O-])[O-].O=C([O-])[O-].O=C([O-])[O-].O=C([O-])[O-].O=C([O-])[O-].O=C([O-])[O-].O=C([O-])[O-].O=C([O-])[O-].O=C([O-])[O-].[Pd+2].[Pd+2].[Pd+2].[Pd+2].[Pd+2].[Pd+2].[Pd+2].[Pd+2].[Pd+2].[Pd+2].[Pd+2].[Pd+2]. The molecular formula is C25H28O39Pd12. The molecule has 39 nitrogen and oxygen atoms in total. The molecule has 76 heavy (non-hydrogen) atoms. The maximum Gasteiger partial charge on any atom is 2.00 e. The zero-order chi connectivity index (χ0) is 55.6. The zero-order valence-corrected chi connectivity index (χ0v) is 54.0. The smallest absolute Gasteiger partial charge is 0.652 e. The van der Waals surface area contributed by atoms with E-state index in [2.05, 4.69) is 13.8 Å². The number of carboxylic acid groups (broad SMARTS) is 26. The molecule has 51 heteroatoms. The molecule has 0 aromatic heterocycles. The van der Waals surface area contributed by atoms with Crippen molar-refractivity contribution in [3.8, 4) is 0 Å². The molecule has 0 rings (SSSR count). The molecule has 0 radical (unpaired) electrons. The molecule has 0 saturated heterocycles. The number of hydrogen-bond donors (Lipinski definition) is 2. The van der Waals surface area contributed by atoms with Gasteiger partial charge in [-0.15, -0.1) is 0 Å². The second-order valence-corrected chi connectivity index (χ2v) is 7.11. The van der Waals surface area contributed by atoms with Gasteiger partial charge in [0.05, 0.1) is 0 Å². The predicted molar refractivity (Wildman–Crippen MR) is 133 cm³/mol. The molecule has 0 bridgehead atoms. The largest absolute Gasteiger partial charge is 2.00 e. The van der Waals surface area contributed by atoms with E-state index in [1.165, 1.54) is 64.2 Å². The fourth-order valence-electron chi connectivity index (χ4n) is 1.56. The van der Waals surface area contributed by atoms with E-state index in [0.717, 1.165) is 0 Å². The molecule has 0 atom stereocenters. The first-order valence-corrected chi connectivity index (χ1v) is 13.9. The van der Waals surface area contributed by atoms with Gasteiger partial charge in [-0.2, -0.15) is 0 Å². The van der Waals surface area contributed by atoms with Gasteiger partial charge in [-0.05, 0) is 73.9 Å². The van der Waals surface area contributed by atoms with Gasteiger partial charge in [-0.1, -0.05) is 78.1 Å². The van der Waals surface area contributed by atoms with Crippen molar-refractivity contribution in [3.05, 3.63) is 0 Å². The van der Waals surface area contributed by atoms with Crippen molar-refractivity contribution < 1.29 is 440 Å². The zero-order valence-electron chi connectivity index (χ0n) is 35.4. The summed E-state index contributed by atoms with van der Waals surface area (Å²) in [6.45, 7) is 4.56. The van der Waals surface area contributed by atoms with E-state index in [-0.39, 0.29) is 245 Å². The Morgan fingerprint density at radius 1 is 0.197 bits per heavy atom. The second-order valence-electron chi connectivity index (χ2n) is 7.11. The van der Waals surface area contributed by atoms with Crippen LogP contribution in [0, 0.1) is 0 Å². The summed E-state index contributed by atoms with van der Waals surface area (Å²) in [6.07, 6.45) is -15.4. The molecule has 2 N–H and O–H groups in total. The van der Waals surface area contributed by atoms with E-state index in [1.807, 2.05) is 0 Å². The van der Waals surface area contributed by atoms with Crippen LogP contribution in [0.25, 0.3) is 0 Å². The minimum Gasteiger partial charge on any atom is -0.652 e. The number of unbranched alkanes of at least 4 members (excludes halogenated alkanes) is 9. The van der Waals surface area contributed by atoms with Crippen LogP contribution in [-0.4, -0.2) is 90.2 Å². The standard InChI is InChI=1S/C12H26.13CH2O3.12Pd/c1-3-5-7-9-11-12-10-8-6-4-2;13*2-1(3)4;;;;;;;;;;;;/h3-12H2,1-2H3;13*(H2,2,3,4);;;;;;;;;;;;/q;;;;;;;;;;;;;;12*+2/p-24. The van der Waals surface area contributed by atoms with Crippen LogP contribution in [0.15, 0.2) is 0 Å². The van der Waals surface area contributed by atoms with Crippen molar-refractivity contribution in [1.29, 1.82) is 0 Å². The van der Waals surface area contributed by atoms with Crippen molar-refractivity contribution in [2.75, 3.05) is 0 Å². The first-order chi connectivity index (χ1) is 28.4. The maximum atomic E-state index is 8.56. The summed E-state index contributed by atoms with van der Waals surface area (Å²) < 4.78 is 0. The molecule has 0 aliphatic heterocycles. The third-order valence-electron chi connectivity index (χ3n) is 2.46. The monoisotopic (exact) mass is 2220 g/mol. The van der Waals surface area contributed by atoms with Crippen molar-refractivity contribution in [3.63, 3.8) is 0 Å². The summed E-state index contributed by atoms with van der Waals surface area (Å²) in [5, 5.41) is 214. The van der Waals surface area contributed by atoms with Crippen LogP contribution in [0.5, 0.6) is 0 Å². The van der Waals surface area contributed by atoms with E-state index in [0.29, 0.717) is 0 Å². The average Bonchev–Trinajstić information content (AvgIpc) is 2.95. The summed E-state index contributed by atoms with van der Waals surface area (Å²) >= 11 is 0. The summed E-state index contributed by atoms with van der Waals surface area (Å²) in [5.74, 6) is 0. The molecule has 0 amide bonds. The van der Waals surface area contributed by atoms with Crippen LogP contribution in [0.4, 0.5) is 62.3 Å².